The van der Waals surface area contributed by atoms with Gasteiger partial charge in [-0.15, -0.1) is 12.6 Å². The van der Waals surface area contributed by atoms with Gasteiger partial charge in [-0.25, -0.2) is 0 Å². The van der Waals surface area contributed by atoms with E-state index >= 15 is 0 Å². The Morgan fingerprint density at radius 1 is 0.600 bits per heavy atom. The highest BCUT2D eigenvalue weighted by Crippen LogP contribution is 2.20. The van der Waals surface area contributed by atoms with Gasteiger partial charge in [0.15, 0.2) is 8.07 Å². The Morgan fingerprint density at radius 3 is 1.49 bits per heavy atom. The average molecular weight is 486 g/mol. The summed E-state index contributed by atoms with van der Waals surface area (Å²) in [7, 11) is -2.65. The van der Waals surface area contributed by atoms with E-state index in [1.165, 1.54) is 26.3 Å². The zero-order valence-corrected chi connectivity index (χ0v) is 21.6. The van der Waals surface area contributed by atoms with E-state index in [4.69, 9.17) is 17.6 Å². The maximum absolute atomic E-state index is 5.19. The molecule has 5 aromatic carbocycles. The van der Waals surface area contributed by atoms with E-state index in [-0.39, 0.29) is 0 Å². The topological polar surface area (TPSA) is 12.4 Å². The van der Waals surface area contributed by atoms with Gasteiger partial charge in [-0.2, -0.15) is 0 Å². The molecule has 0 N–H and O–H groups in total. The lowest BCUT2D eigenvalue weighted by Crippen LogP contribution is -2.75. The van der Waals surface area contributed by atoms with Crippen LogP contribution in [-0.4, -0.2) is 14.3 Å². The molecule has 5 aromatic rings. The van der Waals surface area contributed by atoms with Crippen LogP contribution < -0.4 is 20.7 Å². The zero-order valence-electron chi connectivity index (χ0n) is 19.7. The predicted octanol–water partition coefficient (Wildman–Crippen LogP) is 5.41. The smallest absolute Gasteiger partial charge is 0.180 e. The van der Waals surface area contributed by atoms with Crippen molar-refractivity contribution in [1.29, 1.82) is 0 Å². The molecule has 0 atom stereocenters. The number of rotatable bonds is 6. The Morgan fingerprint density at radius 2 is 1.03 bits per heavy atom. The fraction of sp³-hybridized carbons (Fsp3) is 0.0312. The van der Waals surface area contributed by atoms with Crippen LogP contribution in [0.4, 0.5) is 5.69 Å². The number of para-hydroxylation sites is 1. The maximum atomic E-state index is 5.19. The van der Waals surface area contributed by atoms with Gasteiger partial charge >= 0.3 is 0 Å². The van der Waals surface area contributed by atoms with Crippen molar-refractivity contribution >= 4 is 53.4 Å². The normalized spacial score (nSPS) is 11.6. The molecule has 0 unspecified atom stereocenters. The summed E-state index contributed by atoms with van der Waals surface area (Å²) in [5.41, 5.74) is 3.17. The highest BCUT2D eigenvalue weighted by molar-refractivity contribution is 7.80. The standard InChI is InChI=1S/C32H27NSSi/c1-25-22-26(24-33-27-14-6-2-7-15-27)32(34)31(23-25)35(28-16-8-3-9-17-28,29-18-10-4-11-19-29)30-20-12-5-13-21-30/h2-24,34H,1H3/b33-24+. The summed E-state index contributed by atoms with van der Waals surface area (Å²) in [6.45, 7) is 2.16. The van der Waals surface area contributed by atoms with Crippen LogP contribution >= 0.6 is 12.6 Å². The number of thiol groups is 1. The summed E-state index contributed by atoms with van der Waals surface area (Å²) in [5, 5.41) is 5.29. The molecule has 170 valence electrons. The summed E-state index contributed by atoms with van der Waals surface area (Å²) in [6, 6.07) is 47.4. The van der Waals surface area contributed by atoms with Crippen molar-refractivity contribution in [3.63, 3.8) is 0 Å². The second-order valence-electron chi connectivity index (χ2n) is 8.69. The molecule has 0 saturated heterocycles. The van der Waals surface area contributed by atoms with Crippen LogP contribution in [0.25, 0.3) is 0 Å². The minimum Gasteiger partial charge on any atom is -0.256 e. The molecule has 0 fully saturated rings. The lowest BCUT2D eigenvalue weighted by Gasteiger charge is -2.36. The molecule has 0 heterocycles. The third-order valence-electron chi connectivity index (χ3n) is 6.42. The molecule has 1 nitrogen and oxygen atoms in total. The number of hydrogen-bond acceptors (Lipinski definition) is 2. The van der Waals surface area contributed by atoms with Crippen LogP contribution in [0.2, 0.25) is 0 Å². The van der Waals surface area contributed by atoms with Crippen LogP contribution in [0.3, 0.4) is 0 Å². The summed E-state index contributed by atoms with van der Waals surface area (Å²) in [6.07, 6.45) is 1.95. The first-order valence-corrected chi connectivity index (χ1v) is 14.2. The van der Waals surface area contributed by atoms with Crippen molar-refractivity contribution in [3.05, 3.63) is 145 Å². The van der Waals surface area contributed by atoms with E-state index in [1.807, 2.05) is 36.5 Å². The third-order valence-corrected chi connectivity index (χ3v) is 11.9. The van der Waals surface area contributed by atoms with Gasteiger partial charge in [0.25, 0.3) is 0 Å². The maximum Gasteiger partial charge on any atom is 0.180 e. The quantitative estimate of drug-likeness (QED) is 0.143. The van der Waals surface area contributed by atoms with Gasteiger partial charge in [0.1, 0.15) is 0 Å². The number of hydrogen-bond donors (Lipinski definition) is 1. The van der Waals surface area contributed by atoms with Crippen LogP contribution in [0, 0.1) is 6.92 Å². The van der Waals surface area contributed by atoms with Crippen molar-refractivity contribution in [2.45, 2.75) is 11.8 Å². The Bertz CT molecular complexity index is 1340. The van der Waals surface area contributed by atoms with Gasteiger partial charge in [-0.1, -0.05) is 121 Å². The van der Waals surface area contributed by atoms with E-state index < -0.39 is 8.07 Å². The second kappa shape index (κ2) is 10.3. The highest BCUT2D eigenvalue weighted by atomic mass is 32.1. The molecule has 0 saturated carbocycles. The van der Waals surface area contributed by atoms with Gasteiger partial charge in [0, 0.05) is 16.7 Å². The molecule has 3 heteroatoms. The van der Waals surface area contributed by atoms with E-state index in [2.05, 4.69) is 110 Å². The summed E-state index contributed by atoms with van der Waals surface area (Å²) < 4.78 is 0. The first-order valence-electron chi connectivity index (χ1n) is 11.8. The Balaban J connectivity index is 1.83. The second-order valence-corrected chi connectivity index (χ2v) is 12.9. The first kappa shape index (κ1) is 23.1. The fourth-order valence-electron chi connectivity index (χ4n) is 4.88. The zero-order chi connectivity index (χ0) is 24.1. The lowest BCUT2D eigenvalue weighted by molar-refractivity contribution is 1.39. The third kappa shape index (κ3) is 4.53. The van der Waals surface area contributed by atoms with Crippen molar-refractivity contribution in [1.82, 2.24) is 0 Å². The van der Waals surface area contributed by atoms with E-state index in [1.54, 1.807) is 0 Å². The SMILES string of the molecule is Cc1cc(/C=N/c2ccccc2)c(S)c([Si](c2ccccc2)(c2ccccc2)c2ccccc2)c1. The monoisotopic (exact) mass is 485 g/mol. The van der Waals surface area contributed by atoms with Crippen LogP contribution in [0.15, 0.2) is 143 Å². The molecule has 0 amide bonds. The van der Waals surface area contributed by atoms with Crippen LogP contribution in [0.1, 0.15) is 11.1 Å². The number of aliphatic imine (C=N–C) groups is 1. The molecule has 5 rings (SSSR count). The average Bonchev–Trinajstić information content (AvgIpc) is 2.92. The Kier molecular flexibility index (Phi) is 6.80. The van der Waals surface area contributed by atoms with Gasteiger partial charge in [0.05, 0.1) is 5.69 Å². The highest BCUT2D eigenvalue weighted by Gasteiger charge is 2.42. The van der Waals surface area contributed by atoms with Crippen molar-refractivity contribution < 1.29 is 0 Å². The predicted molar refractivity (Wildman–Crippen MR) is 156 cm³/mol. The van der Waals surface area contributed by atoms with E-state index in [0.29, 0.717) is 0 Å². The van der Waals surface area contributed by atoms with Crippen molar-refractivity contribution in [3.8, 4) is 0 Å². The van der Waals surface area contributed by atoms with Gasteiger partial charge in [-0.3, -0.25) is 4.99 Å². The molecule has 0 aliphatic heterocycles. The van der Waals surface area contributed by atoms with Crippen molar-refractivity contribution in [2.75, 3.05) is 0 Å². The lowest BCUT2D eigenvalue weighted by atomic mass is 10.1. The van der Waals surface area contributed by atoms with E-state index in [0.717, 1.165) is 16.1 Å². The Labute approximate surface area is 214 Å². The minimum atomic E-state index is -2.65. The van der Waals surface area contributed by atoms with Crippen LogP contribution in [-0.2, 0) is 0 Å². The molecule has 0 bridgehead atoms. The molecular formula is C32H27NSSi. The molecule has 35 heavy (non-hydrogen) atoms. The molecule has 0 aliphatic rings. The Hall–Kier alpha value is -3.66. The summed E-state index contributed by atoms with van der Waals surface area (Å²) >= 11 is 5.19. The summed E-state index contributed by atoms with van der Waals surface area (Å²) in [5.74, 6) is 0. The molecular weight excluding hydrogens is 459 g/mol. The molecule has 0 aliphatic carbocycles. The van der Waals surface area contributed by atoms with Crippen LogP contribution in [0.5, 0.6) is 0 Å². The van der Waals surface area contributed by atoms with E-state index in [9.17, 15) is 0 Å². The van der Waals surface area contributed by atoms with Crippen molar-refractivity contribution in [2.24, 2.45) is 4.99 Å². The minimum absolute atomic E-state index is 0.931. The number of nitrogens with zero attached hydrogens (tertiary/aromatic N) is 1. The van der Waals surface area contributed by atoms with Gasteiger partial charge in [0.2, 0.25) is 0 Å². The fourth-order valence-corrected chi connectivity index (χ4v) is 10.5. The molecule has 0 radical (unpaired) electrons. The van der Waals surface area contributed by atoms with Gasteiger partial charge < -0.3 is 0 Å². The number of benzene rings is 5. The number of aryl methyl sites for hydroxylation is 1. The summed E-state index contributed by atoms with van der Waals surface area (Å²) in [4.78, 5) is 5.75. The largest absolute Gasteiger partial charge is 0.256 e. The first-order chi connectivity index (χ1) is 17.2. The molecule has 0 spiro atoms. The van der Waals surface area contributed by atoms with Gasteiger partial charge in [-0.05, 0) is 45.9 Å². The molecule has 0 aromatic heterocycles.